The van der Waals surface area contributed by atoms with Crippen LogP contribution in [0.4, 0.5) is 0 Å². The van der Waals surface area contributed by atoms with E-state index in [-0.39, 0.29) is 11.8 Å². The summed E-state index contributed by atoms with van der Waals surface area (Å²) in [5.41, 5.74) is 2.18. The summed E-state index contributed by atoms with van der Waals surface area (Å²) in [6.07, 6.45) is 1.88. The zero-order chi connectivity index (χ0) is 21.3. The first-order valence-electron chi connectivity index (χ1n) is 10.7. The molecule has 4 nitrogen and oxygen atoms in total. The number of benzene rings is 3. The van der Waals surface area contributed by atoms with Gasteiger partial charge in [0.25, 0.3) is 0 Å². The van der Waals surface area contributed by atoms with Crippen molar-refractivity contribution in [2.24, 2.45) is 0 Å². The number of aryl methyl sites for hydroxylation is 1. The normalized spacial score (nSPS) is 11.8. The summed E-state index contributed by atoms with van der Waals surface area (Å²) < 4.78 is 0. The Balaban J connectivity index is 1.76. The highest BCUT2D eigenvalue weighted by Crippen LogP contribution is 2.20. The molecule has 0 heterocycles. The SMILES string of the molecule is CCCNC(=O)C(C)N(Cc1ccccc1)C(=O)CCc1cccc2ccccc12. The molecule has 0 saturated heterocycles. The van der Waals surface area contributed by atoms with Crippen molar-refractivity contribution in [2.45, 2.75) is 45.7 Å². The van der Waals surface area contributed by atoms with Crippen molar-refractivity contribution in [1.82, 2.24) is 10.2 Å². The van der Waals surface area contributed by atoms with Crippen molar-refractivity contribution in [3.05, 3.63) is 83.9 Å². The van der Waals surface area contributed by atoms with Gasteiger partial charge in [-0.1, -0.05) is 79.7 Å². The summed E-state index contributed by atoms with van der Waals surface area (Å²) in [7, 11) is 0. The lowest BCUT2D eigenvalue weighted by atomic mass is 10.0. The lowest BCUT2D eigenvalue weighted by molar-refractivity contribution is -0.140. The molecule has 1 unspecified atom stereocenters. The van der Waals surface area contributed by atoms with Crippen LogP contribution < -0.4 is 5.32 Å². The highest BCUT2D eigenvalue weighted by atomic mass is 16.2. The number of rotatable bonds is 9. The molecule has 4 heteroatoms. The summed E-state index contributed by atoms with van der Waals surface area (Å²) in [5.74, 6) is -0.114. The topological polar surface area (TPSA) is 49.4 Å². The van der Waals surface area contributed by atoms with E-state index >= 15 is 0 Å². The van der Waals surface area contributed by atoms with E-state index in [9.17, 15) is 9.59 Å². The molecule has 30 heavy (non-hydrogen) atoms. The van der Waals surface area contributed by atoms with Crippen LogP contribution >= 0.6 is 0 Å². The maximum atomic E-state index is 13.2. The molecule has 3 aromatic carbocycles. The van der Waals surface area contributed by atoms with E-state index in [4.69, 9.17) is 0 Å². The second-order valence-corrected chi connectivity index (χ2v) is 7.61. The smallest absolute Gasteiger partial charge is 0.242 e. The standard InChI is InChI=1S/C26H30N2O2/c1-3-18-27-26(30)20(2)28(19-21-10-5-4-6-11-21)25(29)17-16-23-14-9-13-22-12-7-8-15-24(22)23/h4-15,20H,3,16-19H2,1-2H3,(H,27,30). The first-order chi connectivity index (χ1) is 14.6. The van der Waals surface area contributed by atoms with Gasteiger partial charge in [-0.25, -0.2) is 0 Å². The van der Waals surface area contributed by atoms with E-state index in [1.165, 1.54) is 10.8 Å². The van der Waals surface area contributed by atoms with Crippen LogP contribution in [0.3, 0.4) is 0 Å². The highest BCUT2D eigenvalue weighted by molar-refractivity contribution is 5.88. The van der Waals surface area contributed by atoms with E-state index in [0.717, 1.165) is 17.5 Å². The van der Waals surface area contributed by atoms with Crippen LogP contribution in [0, 0.1) is 0 Å². The Morgan fingerprint density at radius 1 is 0.933 bits per heavy atom. The molecular formula is C26H30N2O2. The summed E-state index contributed by atoms with van der Waals surface area (Å²) in [6, 6.07) is 23.7. The third-order valence-electron chi connectivity index (χ3n) is 5.40. The van der Waals surface area contributed by atoms with Gasteiger partial charge in [-0.15, -0.1) is 0 Å². The Morgan fingerprint density at radius 3 is 2.40 bits per heavy atom. The van der Waals surface area contributed by atoms with Gasteiger partial charge in [-0.3, -0.25) is 9.59 Å². The van der Waals surface area contributed by atoms with Crippen LogP contribution in [-0.4, -0.2) is 29.3 Å². The molecule has 3 rings (SSSR count). The molecule has 2 amide bonds. The Kier molecular flexibility index (Phi) is 7.61. The molecule has 0 radical (unpaired) electrons. The van der Waals surface area contributed by atoms with Gasteiger partial charge in [-0.2, -0.15) is 0 Å². The van der Waals surface area contributed by atoms with E-state index in [1.54, 1.807) is 4.90 Å². The molecule has 0 fully saturated rings. The summed E-state index contributed by atoms with van der Waals surface area (Å²) in [4.78, 5) is 27.5. The molecule has 0 aliphatic rings. The molecule has 1 N–H and O–H groups in total. The maximum Gasteiger partial charge on any atom is 0.242 e. The molecule has 0 aliphatic carbocycles. The van der Waals surface area contributed by atoms with Crippen molar-refractivity contribution >= 4 is 22.6 Å². The lowest BCUT2D eigenvalue weighted by Crippen LogP contribution is -2.47. The second kappa shape index (κ2) is 10.6. The van der Waals surface area contributed by atoms with Crippen LogP contribution in [-0.2, 0) is 22.6 Å². The number of amides is 2. The van der Waals surface area contributed by atoms with E-state index in [0.29, 0.717) is 25.9 Å². The number of nitrogens with zero attached hydrogens (tertiary/aromatic N) is 1. The Hall–Kier alpha value is -3.14. The molecular weight excluding hydrogens is 372 g/mol. The number of carbonyl (C=O) groups excluding carboxylic acids is 2. The largest absolute Gasteiger partial charge is 0.354 e. The quantitative estimate of drug-likeness (QED) is 0.563. The summed E-state index contributed by atoms with van der Waals surface area (Å²) in [6.45, 7) is 4.87. The molecule has 0 spiro atoms. The van der Waals surface area contributed by atoms with Crippen molar-refractivity contribution in [3.63, 3.8) is 0 Å². The van der Waals surface area contributed by atoms with E-state index < -0.39 is 6.04 Å². The van der Waals surface area contributed by atoms with Gasteiger partial charge in [0.05, 0.1) is 0 Å². The predicted molar refractivity (Wildman–Crippen MR) is 122 cm³/mol. The number of fused-ring (bicyclic) bond motifs is 1. The highest BCUT2D eigenvalue weighted by Gasteiger charge is 2.25. The van der Waals surface area contributed by atoms with Crippen molar-refractivity contribution < 1.29 is 9.59 Å². The van der Waals surface area contributed by atoms with Gasteiger partial charge < -0.3 is 10.2 Å². The first-order valence-corrected chi connectivity index (χ1v) is 10.7. The average molecular weight is 403 g/mol. The van der Waals surface area contributed by atoms with Gasteiger partial charge >= 0.3 is 0 Å². The van der Waals surface area contributed by atoms with Crippen molar-refractivity contribution in [3.8, 4) is 0 Å². The molecule has 0 aliphatic heterocycles. The molecule has 156 valence electrons. The first kappa shape index (κ1) is 21.6. The Bertz CT molecular complexity index is 979. The minimum Gasteiger partial charge on any atom is -0.354 e. The fraction of sp³-hybridized carbons (Fsp3) is 0.308. The van der Waals surface area contributed by atoms with Gasteiger partial charge in [0.1, 0.15) is 6.04 Å². The van der Waals surface area contributed by atoms with Crippen LogP contribution in [0.5, 0.6) is 0 Å². The molecule has 0 bridgehead atoms. The Labute approximate surface area is 178 Å². The van der Waals surface area contributed by atoms with E-state index in [2.05, 4.69) is 29.6 Å². The maximum absolute atomic E-state index is 13.2. The molecule has 0 aromatic heterocycles. The molecule has 3 aromatic rings. The average Bonchev–Trinajstić information content (AvgIpc) is 2.79. The Morgan fingerprint density at radius 2 is 1.63 bits per heavy atom. The number of carbonyl (C=O) groups is 2. The third-order valence-corrected chi connectivity index (χ3v) is 5.40. The zero-order valence-corrected chi connectivity index (χ0v) is 17.8. The van der Waals surface area contributed by atoms with Gasteiger partial charge in [0.15, 0.2) is 0 Å². The second-order valence-electron chi connectivity index (χ2n) is 7.61. The predicted octanol–water partition coefficient (Wildman–Crippen LogP) is 4.72. The fourth-order valence-electron chi connectivity index (χ4n) is 3.65. The molecule has 1 atom stereocenters. The van der Waals surface area contributed by atoms with Crippen LogP contribution in [0.15, 0.2) is 72.8 Å². The van der Waals surface area contributed by atoms with Crippen LogP contribution in [0.2, 0.25) is 0 Å². The number of hydrogen-bond acceptors (Lipinski definition) is 2. The summed E-state index contributed by atoms with van der Waals surface area (Å²) in [5, 5.41) is 5.27. The third kappa shape index (κ3) is 5.47. The number of hydrogen-bond donors (Lipinski definition) is 1. The number of nitrogens with one attached hydrogen (secondary N) is 1. The lowest BCUT2D eigenvalue weighted by Gasteiger charge is -2.29. The zero-order valence-electron chi connectivity index (χ0n) is 17.8. The van der Waals surface area contributed by atoms with Crippen LogP contribution in [0.1, 0.15) is 37.8 Å². The molecule has 0 saturated carbocycles. The van der Waals surface area contributed by atoms with Gasteiger partial charge in [0, 0.05) is 19.5 Å². The van der Waals surface area contributed by atoms with Gasteiger partial charge in [0.2, 0.25) is 11.8 Å². The minimum absolute atomic E-state index is 0.00839. The monoisotopic (exact) mass is 402 g/mol. The van der Waals surface area contributed by atoms with Crippen LogP contribution in [0.25, 0.3) is 10.8 Å². The minimum atomic E-state index is -0.517. The summed E-state index contributed by atoms with van der Waals surface area (Å²) >= 11 is 0. The van der Waals surface area contributed by atoms with Crippen molar-refractivity contribution in [1.29, 1.82) is 0 Å². The van der Waals surface area contributed by atoms with Gasteiger partial charge in [-0.05, 0) is 41.7 Å². The fourth-order valence-corrected chi connectivity index (χ4v) is 3.65. The van der Waals surface area contributed by atoms with E-state index in [1.807, 2.05) is 62.4 Å². The van der Waals surface area contributed by atoms with Crippen molar-refractivity contribution in [2.75, 3.05) is 6.54 Å².